The van der Waals surface area contributed by atoms with Gasteiger partial charge in [-0.2, -0.15) is 4.31 Å². The molecule has 8 heteroatoms. The molecule has 1 heterocycles. The SMILES string of the molecule is O=C(NC1CCCC1)N1CCN(S(=O)(=O)Cc2ccc(F)cc2)CC1. The molecule has 0 bridgehead atoms. The highest BCUT2D eigenvalue weighted by molar-refractivity contribution is 7.88. The number of nitrogens with one attached hydrogen (secondary N) is 1. The standard InChI is InChI=1S/C17H24FN3O3S/c18-15-7-5-14(6-8-15)13-25(23,24)21-11-9-20(10-12-21)17(22)19-16-3-1-2-4-16/h5-8,16H,1-4,9-13H2,(H,19,22). The van der Waals surface area contributed by atoms with Crippen molar-refractivity contribution in [2.24, 2.45) is 0 Å². The third-order valence-corrected chi connectivity index (χ3v) is 6.71. The van der Waals surface area contributed by atoms with Crippen LogP contribution in [0.2, 0.25) is 0 Å². The number of amides is 2. The molecule has 3 rings (SSSR count). The van der Waals surface area contributed by atoms with Gasteiger partial charge in [-0.15, -0.1) is 0 Å². The summed E-state index contributed by atoms with van der Waals surface area (Å²) in [4.78, 5) is 13.9. The lowest BCUT2D eigenvalue weighted by molar-refractivity contribution is 0.169. The molecule has 1 aromatic rings. The molecule has 0 unspecified atom stereocenters. The lowest BCUT2D eigenvalue weighted by Crippen LogP contribution is -2.54. The molecule has 2 amide bonds. The molecule has 1 aromatic carbocycles. The van der Waals surface area contributed by atoms with E-state index in [4.69, 9.17) is 0 Å². The first-order valence-corrected chi connectivity index (χ1v) is 10.3. The fourth-order valence-electron chi connectivity index (χ4n) is 3.39. The van der Waals surface area contributed by atoms with Gasteiger partial charge < -0.3 is 10.2 Å². The van der Waals surface area contributed by atoms with Gasteiger partial charge in [0.15, 0.2) is 0 Å². The third kappa shape index (κ3) is 4.70. The molecule has 0 spiro atoms. The minimum atomic E-state index is -3.47. The Labute approximate surface area is 148 Å². The average molecular weight is 369 g/mol. The summed E-state index contributed by atoms with van der Waals surface area (Å²) in [6.07, 6.45) is 4.36. The molecule has 0 atom stereocenters. The van der Waals surface area contributed by atoms with Crippen LogP contribution in [0.15, 0.2) is 24.3 Å². The maximum atomic E-state index is 12.9. The van der Waals surface area contributed by atoms with Crippen molar-refractivity contribution in [2.45, 2.75) is 37.5 Å². The van der Waals surface area contributed by atoms with E-state index in [1.165, 1.54) is 28.6 Å². The van der Waals surface area contributed by atoms with Gasteiger partial charge in [0.05, 0.1) is 5.75 Å². The minimum absolute atomic E-state index is 0.0949. The zero-order valence-electron chi connectivity index (χ0n) is 14.2. The summed E-state index contributed by atoms with van der Waals surface area (Å²) >= 11 is 0. The molecule has 0 radical (unpaired) electrons. The molecule has 1 saturated carbocycles. The summed E-state index contributed by atoms with van der Waals surface area (Å²) in [5.41, 5.74) is 0.558. The monoisotopic (exact) mass is 369 g/mol. The topological polar surface area (TPSA) is 69.7 Å². The average Bonchev–Trinajstić information content (AvgIpc) is 3.10. The molecule has 2 fully saturated rings. The number of carbonyl (C=O) groups is 1. The predicted molar refractivity (Wildman–Crippen MR) is 93.0 cm³/mol. The van der Waals surface area contributed by atoms with E-state index in [1.54, 1.807) is 4.90 Å². The van der Waals surface area contributed by atoms with E-state index in [2.05, 4.69) is 5.32 Å². The van der Waals surface area contributed by atoms with Crippen molar-refractivity contribution in [3.05, 3.63) is 35.6 Å². The largest absolute Gasteiger partial charge is 0.335 e. The second-order valence-corrected chi connectivity index (χ2v) is 8.67. The highest BCUT2D eigenvalue weighted by Gasteiger charge is 2.30. The zero-order valence-corrected chi connectivity index (χ0v) is 15.0. The van der Waals surface area contributed by atoms with E-state index in [-0.39, 0.29) is 23.6 Å². The predicted octanol–water partition coefficient (Wildman–Crippen LogP) is 1.93. The highest BCUT2D eigenvalue weighted by Crippen LogP contribution is 2.18. The third-order valence-electron chi connectivity index (χ3n) is 4.86. The molecule has 6 nitrogen and oxygen atoms in total. The van der Waals surface area contributed by atoms with Crippen LogP contribution in [-0.2, 0) is 15.8 Å². The second kappa shape index (κ2) is 7.70. The summed E-state index contributed by atoms with van der Waals surface area (Å²) in [6.45, 7) is 1.37. The van der Waals surface area contributed by atoms with Crippen LogP contribution in [-0.4, -0.2) is 55.9 Å². The fraction of sp³-hybridized carbons (Fsp3) is 0.588. The molecule has 0 aromatic heterocycles. The Hall–Kier alpha value is -1.67. The maximum Gasteiger partial charge on any atom is 0.317 e. The smallest absolute Gasteiger partial charge is 0.317 e. The number of halogens is 1. The van der Waals surface area contributed by atoms with Gasteiger partial charge in [-0.3, -0.25) is 0 Å². The first-order valence-electron chi connectivity index (χ1n) is 8.72. The molecular formula is C17H24FN3O3S. The summed E-state index contributed by atoms with van der Waals surface area (Å²) in [7, 11) is -3.47. The Bertz CT molecular complexity index is 694. The molecule has 1 saturated heterocycles. The number of hydrogen-bond acceptors (Lipinski definition) is 3. The van der Waals surface area contributed by atoms with E-state index >= 15 is 0 Å². The number of carbonyl (C=O) groups excluding carboxylic acids is 1. The van der Waals surface area contributed by atoms with E-state index < -0.39 is 10.0 Å². The lowest BCUT2D eigenvalue weighted by Gasteiger charge is -2.34. The van der Waals surface area contributed by atoms with Gasteiger partial charge in [0.2, 0.25) is 10.0 Å². The number of nitrogens with zero attached hydrogens (tertiary/aromatic N) is 2. The number of benzene rings is 1. The molecule has 1 aliphatic heterocycles. The Kier molecular flexibility index (Phi) is 5.58. The lowest BCUT2D eigenvalue weighted by atomic mass is 10.2. The van der Waals surface area contributed by atoms with Crippen LogP contribution >= 0.6 is 0 Å². The first-order chi connectivity index (χ1) is 11.9. The Balaban J connectivity index is 1.52. The van der Waals surface area contributed by atoms with Gasteiger partial charge >= 0.3 is 6.03 Å². The number of hydrogen-bond donors (Lipinski definition) is 1. The Morgan fingerprint density at radius 2 is 1.68 bits per heavy atom. The van der Waals surface area contributed by atoms with Crippen LogP contribution in [0.5, 0.6) is 0 Å². The Morgan fingerprint density at radius 3 is 2.28 bits per heavy atom. The van der Waals surface area contributed by atoms with Crippen molar-refractivity contribution in [3.8, 4) is 0 Å². The van der Waals surface area contributed by atoms with E-state index in [0.717, 1.165) is 25.7 Å². The van der Waals surface area contributed by atoms with Crippen LogP contribution in [0.25, 0.3) is 0 Å². The summed E-state index contributed by atoms with van der Waals surface area (Å²) in [5.74, 6) is -0.537. The van der Waals surface area contributed by atoms with E-state index in [0.29, 0.717) is 31.7 Å². The second-order valence-electron chi connectivity index (χ2n) is 6.70. The number of rotatable bonds is 4. The van der Waals surface area contributed by atoms with Gasteiger partial charge in [0.1, 0.15) is 5.82 Å². The van der Waals surface area contributed by atoms with Crippen LogP contribution in [0.4, 0.5) is 9.18 Å². The van der Waals surface area contributed by atoms with Crippen LogP contribution in [0, 0.1) is 5.82 Å². The van der Waals surface area contributed by atoms with Gasteiger partial charge in [-0.1, -0.05) is 25.0 Å². The number of sulfonamides is 1. The molecule has 1 N–H and O–H groups in total. The summed E-state index contributed by atoms with van der Waals surface area (Å²) < 4.78 is 39.4. The van der Waals surface area contributed by atoms with E-state index in [9.17, 15) is 17.6 Å². The molecule has 138 valence electrons. The van der Waals surface area contributed by atoms with Crippen LogP contribution in [0.3, 0.4) is 0 Å². The Morgan fingerprint density at radius 1 is 1.08 bits per heavy atom. The molecule has 25 heavy (non-hydrogen) atoms. The van der Waals surface area contributed by atoms with Crippen molar-refractivity contribution in [2.75, 3.05) is 26.2 Å². The fourth-order valence-corrected chi connectivity index (χ4v) is 4.90. The van der Waals surface area contributed by atoms with Crippen LogP contribution < -0.4 is 5.32 Å². The van der Waals surface area contributed by atoms with Gasteiger partial charge in [-0.05, 0) is 30.5 Å². The van der Waals surface area contributed by atoms with E-state index in [1.807, 2.05) is 0 Å². The highest BCUT2D eigenvalue weighted by atomic mass is 32.2. The quantitative estimate of drug-likeness (QED) is 0.882. The van der Waals surface area contributed by atoms with Gasteiger partial charge in [-0.25, -0.2) is 17.6 Å². The van der Waals surface area contributed by atoms with Gasteiger partial charge in [0, 0.05) is 32.2 Å². The zero-order chi connectivity index (χ0) is 17.9. The molecule has 2 aliphatic rings. The minimum Gasteiger partial charge on any atom is -0.335 e. The van der Waals surface area contributed by atoms with Gasteiger partial charge in [0.25, 0.3) is 0 Å². The van der Waals surface area contributed by atoms with Crippen molar-refractivity contribution >= 4 is 16.1 Å². The first kappa shape index (κ1) is 18.1. The summed E-state index contributed by atoms with van der Waals surface area (Å²) in [5, 5.41) is 3.03. The maximum absolute atomic E-state index is 12.9. The summed E-state index contributed by atoms with van der Waals surface area (Å²) in [6, 6.07) is 5.65. The van der Waals surface area contributed by atoms with Crippen molar-refractivity contribution in [1.82, 2.24) is 14.5 Å². The van der Waals surface area contributed by atoms with Crippen molar-refractivity contribution < 1.29 is 17.6 Å². The van der Waals surface area contributed by atoms with Crippen LogP contribution in [0.1, 0.15) is 31.2 Å². The normalized spacial score (nSPS) is 20.0. The molecule has 1 aliphatic carbocycles. The van der Waals surface area contributed by atoms with Crippen molar-refractivity contribution in [1.29, 1.82) is 0 Å². The number of piperazine rings is 1. The molecular weight excluding hydrogens is 345 g/mol. The van der Waals surface area contributed by atoms with Crippen molar-refractivity contribution in [3.63, 3.8) is 0 Å². The number of urea groups is 1.